The molecule has 18 heavy (non-hydrogen) atoms. The summed E-state index contributed by atoms with van der Waals surface area (Å²) in [6, 6.07) is 3.97. The number of amides is 1. The normalized spacial score (nSPS) is 15.5. The van der Waals surface area contributed by atoms with E-state index in [1.54, 1.807) is 6.07 Å². The first-order valence-corrected chi connectivity index (χ1v) is 6.04. The summed E-state index contributed by atoms with van der Waals surface area (Å²) in [4.78, 5) is 24.8. The van der Waals surface area contributed by atoms with Gasteiger partial charge in [0.25, 0.3) is 5.91 Å². The van der Waals surface area contributed by atoms with Crippen molar-refractivity contribution in [1.29, 1.82) is 0 Å². The van der Waals surface area contributed by atoms with Gasteiger partial charge in [0.05, 0.1) is 0 Å². The maximum Gasteiger partial charge on any atom is 0.329 e. The smallest absolute Gasteiger partial charge is 0.329 e. The van der Waals surface area contributed by atoms with E-state index in [4.69, 9.17) is 5.11 Å². The van der Waals surface area contributed by atoms with Crippen molar-refractivity contribution in [3.8, 4) is 0 Å². The Hall–Kier alpha value is -1.78. The minimum Gasteiger partial charge on any atom is -0.480 e. The Bertz CT molecular complexity index is 486. The van der Waals surface area contributed by atoms with E-state index in [2.05, 4.69) is 0 Å². The number of carboxylic acids is 1. The molecule has 0 aliphatic heterocycles. The molecule has 0 atom stereocenters. The molecule has 1 aromatic rings. The van der Waals surface area contributed by atoms with Crippen LogP contribution in [0.1, 0.15) is 43.2 Å². The SMILES string of the molecule is CN(C(=O)c1cccn1C1CC1)C(C)(C)C(=O)O. The molecule has 0 unspecified atom stereocenters. The third-order valence-electron chi connectivity index (χ3n) is 3.60. The highest BCUT2D eigenvalue weighted by Gasteiger charge is 2.37. The number of likely N-dealkylation sites (N-methyl/N-ethyl adjacent to an activating group) is 1. The Morgan fingerprint density at radius 2 is 2.06 bits per heavy atom. The predicted molar refractivity (Wildman–Crippen MR) is 66.5 cm³/mol. The summed E-state index contributed by atoms with van der Waals surface area (Å²) in [7, 11) is 1.53. The number of aliphatic carboxylic acids is 1. The largest absolute Gasteiger partial charge is 0.480 e. The van der Waals surface area contributed by atoms with Crippen LogP contribution < -0.4 is 0 Å². The van der Waals surface area contributed by atoms with Crippen LogP contribution in [0.25, 0.3) is 0 Å². The van der Waals surface area contributed by atoms with Crippen LogP contribution in [0.5, 0.6) is 0 Å². The van der Waals surface area contributed by atoms with Crippen molar-refractivity contribution < 1.29 is 14.7 Å². The van der Waals surface area contributed by atoms with Gasteiger partial charge in [-0.3, -0.25) is 4.79 Å². The van der Waals surface area contributed by atoms with Crippen LogP contribution >= 0.6 is 0 Å². The molecule has 0 radical (unpaired) electrons. The summed E-state index contributed by atoms with van der Waals surface area (Å²) in [5.41, 5.74) is -0.648. The van der Waals surface area contributed by atoms with Crippen molar-refractivity contribution in [3.63, 3.8) is 0 Å². The highest BCUT2D eigenvalue weighted by Crippen LogP contribution is 2.36. The molecular formula is C13H18N2O3. The zero-order valence-corrected chi connectivity index (χ0v) is 10.9. The van der Waals surface area contributed by atoms with Crippen LogP contribution in [0.2, 0.25) is 0 Å². The van der Waals surface area contributed by atoms with Crippen molar-refractivity contribution in [1.82, 2.24) is 9.47 Å². The number of hydrogen-bond acceptors (Lipinski definition) is 2. The molecule has 0 saturated heterocycles. The molecule has 1 saturated carbocycles. The number of carboxylic acid groups (broad SMARTS) is 1. The minimum absolute atomic E-state index is 0.251. The number of nitrogens with zero attached hydrogens (tertiary/aromatic N) is 2. The van der Waals surface area contributed by atoms with Crippen molar-refractivity contribution in [2.75, 3.05) is 7.05 Å². The molecule has 0 bridgehead atoms. The minimum atomic E-state index is -1.21. The molecule has 1 aromatic heterocycles. The van der Waals surface area contributed by atoms with Gasteiger partial charge in [-0.1, -0.05) is 0 Å². The van der Waals surface area contributed by atoms with Gasteiger partial charge < -0.3 is 14.6 Å². The first-order chi connectivity index (χ1) is 8.35. The standard InChI is InChI=1S/C13H18N2O3/c1-13(2,12(17)18)14(3)11(16)10-5-4-8-15(10)9-6-7-9/h4-5,8-9H,6-7H2,1-3H3,(H,17,18). The van der Waals surface area contributed by atoms with Gasteiger partial charge in [-0.25, -0.2) is 4.79 Å². The Kier molecular flexibility index (Phi) is 2.92. The molecule has 1 heterocycles. The zero-order chi connectivity index (χ0) is 13.5. The van der Waals surface area contributed by atoms with E-state index in [0.29, 0.717) is 11.7 Å². The highest BCUT2D eigenvalue weighted by atomic mass is 16.4. The molecule has 5 heteroatoms. The van der Waals surface area contributed by atoms with Crippen molar-refractivity contribution >= 4 is 11.9 Å². The lowest BCUT2D eigenvalue weighted by molar-refractivity contribution is -0.147. The van der Waals surface area contributed by atoms with E-state index >= 15 is 0 Å². The maximum atomic E-state index is 12.4. The van der Waals surface area contributed by atoms with Crippen LogP contribution in [0.15, 0.2) is 18.3 Å². The van der Waals surface area contributed by atoms with Crippen molar-refractivity contribution in [2.45, 2.75) is 38.3 Å². The Morgan fingerprint density at radius 3 is 2.56 bits per heavy atom. The maximum absolute atomic E-state index is 12.4. The second-order valence-electron chi connectivity index (χ2n) is 5.26. The lowest BCUT2D eigenvalue weighted by Gasteiger charge is -2.31. The number of carbonyl (C=O) groups excluding carboxylic acids is 1. The molecule has 1 fully saturated rings. The second-order valence-corrected chi connectivity index (χ2v) is 5.26. The zero-order valence-electron chi connectivity index (χ0n) is 10.9. The molecule has 1 aliphatic rings. The lowest BCUT2D eigenvalue weighted by Crippen LogP contribution is -2.51. The van der Waals surface area contributed by atoms with Gasteiger partial charge in [0, 0.05) is 19.3 Å². The molecular weight excluding hydrogens is 232 g/mol. The van der Waals surface area contributed by atoms with E-state index in [9.17, 15) is 9.59 Å². The average molecular weight is 250 g/mol. The molecule has 1 amide bonds. The molecule has 5 nitrogen and oxygen atoms in total. The number of rotatable bonds is 4. The first kappa shape index (κ1) is 12.7. The van der Waals surface area contributed by atoms with E-state index in [1.807, 2.05) is 16.8 Å². The Balaban J connectivity index is 2.25. The number of aromatic nitrogens is 1. The van der Waals surface area contributed by atoms with Crippen LogP contribution in [0.4, 0.5) is 0 Å². The Morgan fingerprint density at radius 1 is 1.44 bits per heavy atom. The quantitative estimate of drug-likeness (QED) is 0.885. The molecule has 1 aliphatic carbocycles. The van der Waals surface area contributed by atoms with Crippen LogP contribution in [-0.4, -0.2) is 39.0 Å². The summed E-state index contributed by atoms with van der Waals surface area (Å²) in [6.07, 6.45) is 4.05. The van der Waals surface area contributed by atoms with E-state index in [1.165, 1.54) is 25.8 Å². The van der Waals surface area contributed by atoms with Gasteiger partial charge in [-0.2, -0.15) is 0 Å². The second kappa shape index (κ2) is 4.15. The third-order valence-corrected chi connectivity index (χ3v) is 3.60. The van der Waals surface area contributed by atoms with Gasteiger partial charge in [0.2, 0.25) is 0 Å². The molecule has 2 rings (SSSR count). The fourth-order valence-corrected chi connectivity index (χ4v) is 1.82. The summed E-state index contributed by atoms with van der Waals surface area (Å²) in [6.45, 7) is 3.05. The monoisotopic (exact) mass is 250 g/mol. The van der Waals surface area contributed by atoms with Gasteiger partial charge in [0.1, 0.15) is 11.2 Å². The number of hydrogen-bond donors (Lipinski definition) is 1. The van der Waals surface area contributed by atoms with Crippen LogP contribution in [-0.2, 0) is 4.79 Å². The predicted octanol–water partition coefficient (Wildman–Crippen LogP) is 1.76. The average Bonchev–Trinajstić information content (AvgIpc) is 3.04. The fraction of sp³-hybridized carbons (Fsp3) is 0.538. The molecule has 0 aromatic carbocycles. The lowest BCUT2D eigenvalue weighted by atomic mass is 10.0. The van der Waals surface area contributed by atoms with Gasteiger partial charge in [-0.05, 0) is 38.8 Å². The molecule has 0 spiro atoms. The van der Waals surface area contributed by atoms with Crippen molar-refractivity contribution in [2.24, 2.45) is 0 Å². The first-order valence-electron chi connectivity index (χ1n) is 6.04. The summed E-state index contributed by atoms with van der Waals surface area (Å²) in [5.74, 6) is -1.26. The highest BCUT2D eigenvalue weighted by molar-refractivity contribution is 5.96. The van der Waals surface area contributed by atoms with Gasteiger partial charge in [0.15, 0.2) is 0 Å². The topological polar surface area (TPSA) is 62.5 Å². The molecule has 1 N–H and O–H groups in total. The Labute approximate surface area is 106 Å². The van der Waals surface area contributed by atoms with E-state index in [0.717, 1.165) is 12.8 Å². The molecule has 98 valence electrons. The fourth-order valence-electron chi connectivity index (χ4n) is 1.82. The summed E-state index contributed by atoms with van der Waals surface area (Å²) < 4.78 is 1.94. The summed E-state index contributed by atoms with van der Waals surface area (Å²) in [5, 5.41) is 9.15. The van der Waals surface area contributed by atoms with Crippen LogP contribution in [0, 0.1) is 0 Å². The number of carbonyl (C=O) groups is 2. The van der Waals surface area contributed by atoms with E-state index < -0.39 is 11.5 Å². The van der Waals surface area contributed by atoms with Gasteiger partial charge >= 0.3 is 5.97 Å². The third kappa shape index (κ3) is 2.00. The van der Waals surface area contributed by atoms with Crippen LogP contribution in [0.3, 0.4) is 0 Å². The van der Waals surface area contributed by atoms with Crippen molar-refractivity contribution in [3.05, 3.63) is 24.0 Å². The van der Waals surface area contributed by atoms with Gasteiger partial charge in [-0.15, -0.1) is 0 Å². The summed E-state index contributed by atoms with van der Waals surface area (Å²) >= 11 is 0. The van der Waals surface area contributed by atoms with E-state index in [-0.39, 0.29) is 5.91 Å².